The lowest BCUT2D eigenvalue weighted by atomic mass is 9.89. The van der Waals surface area contributed by atoms with Gasteiger partial charge in [-0.15, -0.1) is 17.9 Å². The van der Waals surface area contributed by atoms with E-state index in [-0.39, 0.29) is 0 Å². The van der Waals surface area contributed by atoms with E-state index in [1.54, 1.807) is 23.5 Å². The number of nitrogens with zero attached hydrogens (tertiary/aromatic N) is 3. The summed E-state index contributed by atoms with van der Waals surface area (Å²) in [6.07, 6.45) is 6.34. The molecule has 2 aromatic rings. The van der Waals surface area contributed by atoms with Crippen molar-refractivity contribution in [3.8, 4) is 11.3 Å². The predicted molar refractivity (Wildman–Crippen MR) is 109 cm³/mol. The van der Waals surface area contributed by atoms with E-state index in [0.29, 0.717) is 22.5 Å². The van der Waals surface area contributed by atoms with Crippen molar-refractivity contribution in [3.05, 3.63) is 51.1 Å². The van der Waals surface area contributed by atoms with Crippen molar-refractivity contribution >= 4 is 40.3 Å². The molecule has 3 nitrogen and oxygen atoms in total. The molecule has 0 saturated heterocycles. The van der Waals surface area contributed by atoms with Crippen LogP contribution in [0.5, 0.6) is 0 Å². The van der Waals surface area contributed by atoms with Crippen LogP contribution in [0.25, 0.3) is 11.3 Å². The van der Waals surface area contributed by atoms with Gasteiger partial charge in [-0.2, -0.15) is 5.10 Å². The molecule has 1 atom stereocenters. The Bertz CT molecular complexity index is 864. The van der Waals surface area contributed by atoms with Gasteiger partial charge in [-0.1, -0.05) is 36.2 Å². The average Bonchev–Trinajstić information content (AvgIpc) is 2.95. The van der Waals surface area contributed by atoms with Crippen molar-refractivity contribution in [2.24, 2.45) is 16.0 Å². The second-order valence-corrected chi connectivity index (χ2v) is 8.02. The summed E-state index contributed by atoms with van der Waals surface area (Å²) < 4.78 is 1.93. The van der Waals surface area contributed by atoms with E-state index >= 15 is 0 Å². The smallest absolute Gasteiger partial charge is 0.206 e. The summed E-state index contributed by atoms with van der Waals surface area (Å²) in [5.41, 5.74) is 3.08. The summed E-state index contributed by atoms with van der Waals surface area (Å²) >= 11 is 14.0. The minimum Gasteiger partial charge on any atom is -0.253 e. The molecular weight excluding hydrogens is 373 g/mol. The molecule has 0 unspecified atom stereocenters. The predicted octanol–water partition coefficient (Wildman–Crippen LogP) is 6.02. The van der Waals surface area contributed by atoms with Gasteiger partial charge >= 0.3 is 0 Å². The van der Waals surface area contributed by atoms with E-state index in [4.69, 9.17) is 28.3 Å². The SMILES string of the molecule is C=CCN=c1scc(-c2ccc(Cl)cc2Cl)n1/N=C1\CCC[C@@H](C)C1. The van der Waals surface area contributed by atoms with Gasteiger partial charge in [-0.3, -0.25) is 4.99 Å². The summed E-state index contributed by atoms with van der Waals surface area (Å²) in [5.74, 6) is 0.683. The summed E-state index contributed by atoms with van der Waals surface area (Å²) in [7, 11) is 0. The van der Waals surface area contributed by atoms with Gasteiger partial charge < -0.3 is 0 Å². The first kappa shape index (κ1) is 18.4. The maximum atomic E-state index is 6.43. The molecule has 1 fully saturated rings. The molecule has 0 bridgehead atoms. The van der Waals surface area contributed by atoms with Crippen LogP contribution in [0.2, 0.25) is 10.0 Å². The summed E-state index contributed by atoms with van der Waals surface area (Å²) in [6, 6.07) is 5.54. The minimum atomic E-state index is 0.565. The second kappa shape index (κ2) is 8.35. The highest BCUT2D eigenvalue weighted by Crippen LogP contribution is 2.31. The first-order valence-corrected chi connectivity index (χ1v) is 10.1. The molecular formula is C19H21Cl2N3S. The first-order chi connectivity index (χ1) is 12.1. The molecule has 3 rings (SSSR count). The van der Waals surface area contributed by atoms with E-state index < -0.39 is 0 Å². The lowest BCUT2D eigenvalue weighted by Crippen LogP contribution is -2.19. The number of rotatable bonds is 4. The lowest BCUT2D eigenvalue weighted by Gasteiger charge is -2.19. The maximum absolute atomic E-state index is 6.43. The zero-order chi connectivity index (χ0) is 17.8. The summed E-state index contributed by atoms with van der Waals surface area (Å²) in [4.78, 5) is 5.44. The normalized spacial score (nSPS) is 20.2. The van der Waals surface area contributed by atoms with E-state index in [2.05, 4.69) is 18.5 Å². The summed E-state index contributed by atoms with van der Waals surface area (Å²) in [6.45, 7) is 6.60. The number of hydrogen-bond acceptors (Lipinski definition) is 3. The summed E-state index contributed by atoms with van der Waals surface area (Å²) in [5, 5.41) is 8.24. The second-order valence-electron chi connectivity index (χ2n) is 6.34. The Morgan fingerprint density at radius 2 is 2.24 bits per heavy atom. The molecule has 0 aliphatic heterocycles. The van der Waals surface area contributed by atoms with Gasteiger partial charge in [0.1, 0.15) is 0 Å². The van der Waals surface area contributed by atoms with E-state index in [9.17, 15) is 0 Å². The zero-order valence-electron chi connectivity index (χ0n) is 14.2. The highest BCUT2D eigenvalue weighted by molar-refractivity contribution is 7.07. The Kier molecular flexibility index (Phi) is 6.15. The maximum Gasteiger partial charge on any atom is 0.206 e. The van der Waals surface area contributed by atoms with Gasteiger partial charge in [-0.25, -0.2) is 4.68 Å². The molecule has 1 saturated carbocycles. The molecule has 0 radical (unpaired) electrons. The number of hydrogen-bond donors (Lipinski definition) is 0. The molecule has 0 N–H and O–H groups in total. The van der Waals surface area contributed by atoms with Gasteiger partial charge in [0.15, 0.2) is 0 Å². The van der Waals surface area contributed by atoms with Crippen LogP contribution in [0.15, 0.2) is 46.3 Å². The zero-order valence-corrected chi connectivity index (χ0v) is 16.5. The van der Waals surface area contributed by atoms with Gasteiger partial charge in [0.05, 0.1) is 17.3 Å². The molecule has 25 heavy (non-hydrogen) atoms. The van der Waals surface area contributed by atoms with Crippen LogP contribution in [0.1, 0.15) is 32.6 Å². The Labute approximate surface area is 162 Å². The molecule has 1 aromatic carbocycles. The topological polar surface area (TPSA) is 29.6 Å². The fourth-order valence-corrected chi connectivity index (χ4v) is 4.36. The molecule has 1 aromatic heterocycles. The standard InChI is InChI=1S/C19H21Cl2N3S/c1-3-9-22-19-24(23-15-6-4-5-13(2)10-15)18(12-25-19)16-8-7-14(20)11-17(16)21/h3,7-8,11-13H,1,4-6,9-10H2,2H3/b22-19?,23-15+/t13-/m1/s1. The van der Waals surface area contributed by atoms with Gasteiger partial charge in [0.2, 0.25) is 4.80 Å². The molecule has 6 heteroatoms. The van der Waals surface area contributed by atoms with Crippen molar-refractivity contribution in [2.75, 3.05) is 6.54 Å². The number of aromatic nitrogens is 1. The van der Waals surface area contributed by atoms with Crippen LogP contribution in [0.3, 0.4) is 0 Å². The third-order valence-electron chi connectivity index (χ3n) is 4.24. The largest absolute Gasteiger partial charge is 0.253 e. The molecule has 1 heterocycles. The van der Waals surface area contributed by atoms with E-state index in [1.165, 1.54) is 18.6 Å². The Morgan fingerprint density at radius 3 is 2.96 bits per heavy atom. The van der Waals surface area contributed by atoms with E-state index in [0.717, 1.165) is 28.9 Å². The number of halogens is 2. The first-order valence-electron chi connectivity index (χ1n) is 8.42. The van der Waals surface area contributed by atoms with E-state index in [1.807, 2.05) is 22.2 Å². The monoisotopic (exact) mass is 393 g/mol. The van der Waals surface area contributed by atoms with Gasteiger partial charge in [0.25, 0.3) is 0 Å². The van der Waals surface area contributed by atoms with Crippen LogP contribution in [-0.4, -0.2) is 16.9 Å². The Hall–Kier alpha value is -1.36. The third kappa shape index (κ3) is 4.43. The van der Waals surface area contributed by atoms with Crippen molar-refractivity contribution in [1.82, 2.24) is 4.68 Å². The van der Waals surface area contributed by atoms with Crippen molar-refractivity contribution < 1.29 is 0 Å². The molecule has 0 amide bonds. The Balaban J connectivity index is 2.11. The van der Waals surface area contributed by atoms with Crippen molar-refractivity contribution in [2.45, 2.75) is 32.6 Å². The Morgan fingerprint density at radius 1 is 1.40 bits per heavy atom. The average molecular weight is 394 g/mol. The van der Waals surface area contributed by atoms with Gasteiger partial charge in [0, 0.05) is 21.7 Å². The number of benzene rings is 1. The molecule has 1 aliphatic rings. The van der Waals surface area contributed by atoms with Crippen LogP contribution in [0, 0.1) is 5.92 Å². The highest BCUT2D eigenvalue weighted by Gasteiger charge is 2.16. The van der Waals surface area contributed by atoms with Crippen LogP contribution < -0.4 is 4.80 Å². The van der Waals surface area contributed by atoms with Crippen LogP contribution >= 0.6 is 34.5 Å². The molecule has 0 spiro atoms. The quantitative estimate of drug-likeness (QED) is 0.567. The molecule has 1 aliphatic carbocycles. The minimum absolute atomic E-state index is 0.565. The fraction of sp³-hybridized carbons (Fsp3) is 0.368. The highest BCUT2D eigenvalue weighted by atomic mass is 35.5. The fourth-order valence-electron chi connectivity index (χ4n) is 3.02. The third-order valence-corrected chi connectivity index (χ3v) is 5.64. The number of thiazole rings is 1. The van der Waals surface area contributed by atoms with Gasteiger partial charge in [-0.05, 0) is 49.8 Å². The lowest BCUT2D eigenvalue weighted by molar-refractivity contribution is 0.497. The van der Waals surface area contributed by atoms with Crippen molar-refractivity contribution in [3.63, 3.8) is 0 Å². The van der Waals surface area contributed by atoms with Crippen molar-refractivity contribution in [1.29, 1.82) is 0 Å². The van der Waals surface area contributed by atoms with Crippen LogP contribution in [-0.2, 0) is 0 Å². The van der Waals surface area contributed by atoms with Crippen LogP contribution in [0.4, 0.5) is 0 Å². The molecule has 132 valence electrons.